The molecule has 0 radical (unpaired) electrons. The van der Waals surface area contributed by atoms with Gasteiger partial charge in [-0.25, -0.2) is 0 Å². The third kappa shape index (κ3) is 3.21. The molecule has 0 aliphatic heterocycles. The van der Waals surface area contributed by atoms with Crippen LogP contribution in [-0.4, -0.2) is 37.1 Å². The molecule has 0 spiro atoms. The summed E-state index contributed by atoms with van der Waals surface area (Å²) in [5.74, 6) is 0. The smallest absolute Gasteiger partial charge is 0.278 e. The topological polar surface area (TPSA) is 72.5 Å². The number of hydrogen-bond donors (Lipinski definition) is 2. The van der Waals surface area contributed by atoms with E-state index < -0.39 is 0 Å². The highest BCUT2D eigenvalue weighted by molar-refractivity contribution is 5.96. The number of fused-ring (bicyclic) bond motifs is 1. The van der Waals surface area contributed by atoms with Gasteiger partial charge in [-0.05, 0) is 18.2 Å². The van der Waals surface area contributed by atoms with Crippen LogP contribution in [0.2, 0.25) is 0 Å². The van der Waals surface area contributed by atoms with Crippen molar-refractivity contribution in [1.82, 2.24) is 4.98 Å². The zero-order valence-electron chi connectivity index (χ0n) is 11.7. The second kappa shape index (κ2) is 6.29. The number of rotatable bonds is 6. The molecule has 0 aliphatic carbocycles. The Morgan fingerprint density at radius 2 is 2.15 bits per heavy atom. The van der Waals surface area contributed by atoms with Gasteiger partial charge in [0.05, 0.1) is 36.6 Å². The van der Waals surface area contributed by atoms with Crippen molar-refractivity contribution in [2.24, 2.45) is 0 Å². The Bertz CT molecular complexity index is 613. The van der Waals surface area contributed by atoms with Crippen molar-refractivity contribution in [1.29, 1.82) is 0 Å². The lowest BCUT2D eigenvalue weighted by atomic mass is 10.1. The van der Waals surface area contributed by atoms with Crippen molar-refractivity contribution in [3.63, 3.8) is 0 Å². The van der Waals surface area contributed by atoms with Gasteiger partial charge in [-0.1, -0.05) is 0 Å². The lowest BCUT2D eigenvalue weighted by molar-refractivity contribution is -0.858. The molecule has 0 saturated heterocycles. The highest BCUT2D eigenvalue weighted by Crippen LogP contribution is 2.29. The van der Waals surface area contributed by atoms with Crippen molar-refractivity contribution >= 4 is 22.3 Å². The molecule has 0 fully saturated rings. The molecule has 20 heavy (non-hydrogen) atoms. The zero-order chi connectivity index (χ0) is 14.5. The first-order valence-electron chi connectivity index (χ1n) is 6.64. The first-order valence-corrected chi connectivity index (χ1v) is 6.64. The Morgan fingerprint density at radius 1 is 1.35 bits per heavy atom. The highest BCUT2D eigenvalue weighted by atomic mass is 16.6. The molecule has 0 unspecified atom stereocenters. The molecular weight excluding hydrogens is 256 g/mol. The number of aromatic nitrogens is 1. The first-order chi connectivity index (χ1) is 9.59. The van der Waals surface area contributed by atoms with Crippen LogP contribution in [-0.2, 0) is 0 Å². The van der Waals surface area contributed by atoms with Gasteiger partial charge < -0.3 is 10.2 Å². The minimum absolute atomic E-state index is 0.0939. The van der Waals surface area contributed by atoms with Crippen molar-refractivity contribution < 1.29 is 9.82 Å². The van der Waals surface area contributed by atoms with Crippen LogP contribution in [0.4, 0.5) is 11.4 Å². The third-order valence-corrected chi connectivity index (χ3v) is 3.11. The quantitative estimate of drug-likeness (QED) is 0.470. The Hall–Kier alpha value is -2.21. The summed E-state index contributed by atoms with van der Waals surface area (Å²) in [7, 11) is 4.23. The fourth-order valence-electron chi connectivity index (χ4n) is 2.12. The minimum atomic E-state index is -0.372. The SMILES string of the molecule is C[NH+](C)CCCNc1ccc([N+](=O)[O-])c2cccnc12. The number of nitrogens with one attached hydrogen (secondary N) is 2. The molecule has 1 aromatic carbocycles. The molecule has 0 atom stereocenters. The summed E-state index contributed by atoms with van der Waals surface area (Å²) < 4.78 is 0. The number of nitro benzene ring substituents is 1. The Balaban J connectivity index is 2.22. The normalized spacial score (nSPS) is 10.9. The van der Waals surface area contributed by atoms with Crippen LogP contribution in [0.25, 0.3) is 10.9 Å². The van der Waals surface area contributed by atoms with Gasteiger partial charge in [-0.15, -0.1) is 0 Å². The van der Waals surface area contributed by atoms with E-state index in [1.165, 1.54) is 11.0 Å². The number of hydrogen-bond acceptors (Lipinski definition) is 4. The maximum atomic E-state index is 11.0. The predicted molar refractivity (Wildman–Crippen MR) is 79.2 cm³/mol. The third-order valence-electron chi connectivity index (χ3n) is 3.11. The van der Waals surface area contributed by atoms with Gasteiger partial charge in [0.1, 0.15) is 5.52 Å². The van der Waals surface area contributed by atoms with E-state index in [1.807, 2.05) is 0 Å². The molecule has 1 aromatic heterocycles. The molecule has 2 N–H and O–H groups in total. The maximum absolute atomic E-state index is 11.0. The Kier molecular flexibility index (Phi) is 4.47. The van der Waals surface area contributed by atoms with E-state index in [-0.39, 0.29) is 10.6 Å². The van der Waals surface area contributed by atoms with E-state index >= 15 is 0 Å². The summed E-state index contributed by atoms with van der Waals surface area (Å²) in [6.45, 7) is 1.90. The van der Waals surface area contributed by atoms with E-state index in [4.69, 9.17) is 0 Å². The van der Waals surface area contributed by atoms with Gasteiger partial charge in [0, 0.05) is 25.2 Å². The second-order valence-electron chi connectivity index (χ2n) is 5.03. The monoisotopic (exact) mass is 275 g/mol. The molecule has 2 rings (SSSR count). The van der Waals surface area contributed by atoms with Gasteiger partial charge in [0.15, 0.2) is 0 Å². The second-order valence-corrected chi connectivity index (χ2v) is 5.03. The standard InChI is InChI=1S/C14H18N4O2/c1-17(2)10-4-9-15-12-6-7-13(18(19)20)11-5-3-8-16-14(11)12/h3,5-8,15H,4,9-10H2,1-2H3/p+1. The lowest BCUT2D eigenvalue weighted by Crippen LogP contribution is -3.05. The van der Waals surface area contributed by atoms with Crippen molar-refractivity contribution in [3.05, 3.63) is 40.6 Å². The van der Waals surface area contributed by atoms with E-state index in [1.54, 1.807) is 24.4 Å². The molecule has 6 nitrogen and oxygen atoms in total. The average molecular weight is 275 g/mol. The molecule has 2 aromatic rings. The Labute approximate surface area is 117 Å². The summed E-state index contributed by atoms with van der Waals surface area (Å²) in [6.07, 6.45) is 2.69. The van der Waals surface area contributed by atoms with Crippen LogP contribution in [0, 0.1) is 10.1 Å². The lowest BCUT2D eigenvalue weighted by Gasteiger charge is -2.10. The van der Waals surface area contributed by atoms with Crippen LogP contribution in [0.15, 0.2) is 30.5 Å². The number of quaternary nitrogens is 1. The first kappa shape index (κ1) is 14.2. The molecule has 0 aliphatic rings. The number of benzene rings is 1. The van der Waals surface area contributed by atoms with Gasteiger partial charge in [-0.2, -0.15) is 0 Å². The van der Waals surface area contributed by atoms with Gasteiger partial charge in [-0.3, -0.25) is 15.1 Å². The largest absolute Gasteiger partial charge is 0.383 e. The fraction of sp³-hybridized carbons (Fsp3) is 0.357. The van der Waals surface area contributed by atoms with Crippen LogP contribution in [0.1, 0.15) is 6.42 Å². The Morgan fingerprint density at radius 3 is 2.85 bits per heavy atom. The summed E-state index contributed by atoms with van der Waals surface area (Å²) in [6, 6.07) is 6.71. The number of anilines is 1. The zero-order valence-corrected chi connectivity index (χ0v) is 11.7. The van der Waals surface area contributed by atoms with Crippen LogP contribution in [0.5, 0.6) is 0 Å². The summed E-state index contributed by atoms with van der Waals surface area (Å²) in [5, 5.41) is 14.9. The molecular formula is C14H19N4O2+. The van der Waals surface area contributed by atoms with Crippen molar-refractivity contribution in [3.8, 4) is 0 Å². The van der Waals surface area contributed by atoms with Gasteiger partial charge in [0.25, 0.3) is 5.69 Å². The summed E-state index contributed by atoms with van der Waals surface area (Å²) in [5.41, 5.74) is 1.59. The number of non-ortho nitro benzene ring substituents is 1. The predicted octanol–water partition coefficient (Wildman–Crippen LogP) is 1.09. The molecule has 0 bridgehead atoms. The number of nitro groups is 1. The van der Waals surface area contributed by atoms with E-state index in [0.717, 1.165) is 25.2 Å². The molecule has 6 heteroatoms. The average Bonchev–Trinajstić information content (AvgIpc) is 2.43. The molecule has 1 heterocycles. The van der Waals surface area contributed by atoms with Crippen molar-refractivity contribution in [2.45, 2.75) is 6.42 Å². The van der Waals surface area contributed by atoms with Crippen molar-refractivity contribution in [2.75, 3.05) is 32.5 Å². The van der Waals surface area contributed by atoms with Crippen LogP contribution in [0.3, 0.4) is 0 Å². The van der Waals surface area contributed by atoms with Crippen LogP contribution < -0.4 is 10.2 Å². The number of pyridine rings is 1. The number of nitrogens with zero attached hydrogens (tertiary/aromatic N) is 2. The van der Waals surface area contributed by atoms with Gasteiger partial charge >= 0.3 is 0 Å². The van der Waals surface area contributed by atoms with E-state index in [9.17, 15) is 10.1 Å². The summed E-state index contributed by atoms with van der Waals surface area (Å²) in [4.78, 5) is 16.3. The molecule has 0 amide bonds. The van der Waals surface area contributed by atoms with Gasteiger partial charge in [0.2, 0.25) is 0 Å². The van der Waals surface area contributed by atoms with Crippen LogP contribution >= 0.6 is 0 Å². The molecule has 106 valence electrons. The highest BCUT2D eigenvalue weighted by Gasteiger charge is 2.14. The fourth-order valence-corrected chi connectivity index (χ4v) is 2.12. The maximum Gasteiger partial charge on any atom is 0.278 e. The summed E-state index contributed by atoms with van der Waals surface area (Å²) >= 11 is 0. The van der Waals surface area contributed by atoms with E-state index in [0.29, 0.717) is 10.9 Å². The minimum Gasteiger partial charge on any atom is -0.383 e. The molecule has 0 saturated carbocycles. The van der Waals surface area contributed by atoms with E-state index in [2.05, 4.69) is 24.4 Å².